The molecule has 1 aromatic carbocycles. The van der Waals surface area contributed by atoms with Crippen LogP contribution in [-0.4, -0.2) is 17.1 Å². The Balaban J connectivity index is 2.10. The standard InChI is InChI=1S/C13H10ClFN2O3S/c14-8-4-3-7(15)6-9(8)16-13(20)17-11(12(18)19)10-2-1-5-21-10/h1-6,11H,(H,18,19)(H2,16,17,20). The van der Waals surface area contributed by atoms with Gasteiger partial charge in [0.05, 0.1) is 10.7 Å². The molecule has 0 bridgehead atoms. The highest BCUT2D eigenvalue weighted by molar-refractivity contribution is 7.10. The molecule has 110 valence electrons. The molecule has 0 saturated heterocycles. The SMILES string of the molecule is O=C(Nc1cc(F)ccc1Cl)NC(C(=O)O)c1cccs1. The van der Waals surface area contributed by atoms with E-state index in [0.717, 1.165) is 12.1 Å². The molecular formula is C13H10ClFN2O3S. The van der Waals surface area contributed by atoms with Crippen molar-refractivity contribution in [3.8, 4) is 0 Å². The van der Waals surface area contributed by atoms with E-state index in [4.69, 9.17) is 16.7 Å². The highest BCUT2D eigenvalue weighted by Crippen LogP contribution is 2.23. The molecule has 3 N–H and O–H groups in total. The van der Waals surface area contributed by atoms with Crippen molar-refractivity contribution in [2.75, 3.05) is 5.32 Å². The van der Waals surface area contributed by atoms with Crippen molar-refractivity contribution in [1.82, 2.24) is 5.32 Å². The van der Waals surface area contributed by atoms with Crippen LogP contribution in [0.2, 0.25) is 5.02 Å². The van der Waals surface area contributed by atoms with Crippen LogP contribution < -0.4 is 10.6 Å². The van der Waals surface area contributed by atoms with Crippen LogP contribution in [0, 0.1) is 5.82 Å². The number of anilines is 1. The fourth-order valence-corrected chi connectivity index (χ4v) is 2.52. The molecule has 2 amide bonds. The summed E-state index contributed by atoms with van der Waals surface area (Å²) in [6.45, 7) is 0. The van der Waals surface area contributed by atoms with E-state index < -0.39 is 23.9 Å². The predicted molar refractivity (Wildman–Crippen MR) is 78.3 cm³/mol. The van der Waals surface area contributed by atoms with Crippen molar-refractivity contribution in [1.29, 1.82) is 0 Å². The number of benzene rings is 1. The van der Waals surface area contributed by atoms with E-state index in [9.17, 15) is 14.0 Å². The first kappa shape index (κ1) is 15.3. The minimum absolute atomic E-state index is 0.0597. The van der Waals surface area contributed by atoms with Crippen molar-refractivity contribution in [3.63, 3.8) is 0 Å². The van der Waals surface area contributed by atoms with Gasteiger partial charge in [-0.2, -0.15) is 0 Å². The molecule has 1 heterocycles. The summed E-state index contributed by atoms with van der Waals surface area (Å²) >= 11 is 7.02. The van der Waals surface area contributed by atoms with E-state index >= 15 is 0 Å². The molecule has 0 aliphatic rings. The van der Waals surface area contributed by atoms with Gasteiger partial charge in [-0.1, -0.05) is 17.7 Å². The molecule has 0 aliphatic heterocycles. The zero-order valence-electron chi connectivity index (χ0n) is 10.5. The first-order valence-corrected chi connectivity index (χ1v) is 7.02. The highest BCUT2D eigenvalue weighted by Gasteiger charge is 2.23. The topological polar surface area (TPSA) is 78.4 Å². The third kappa shape index (κ3) is 3.93. The Kier molecular flexibility index (Phi) is 4.77. The summed E-state index contributed by atoms with van der Waals surface area (Å²) in [5, 5.41) is 15.6. The number of carbonyl (C=O) groups is 2. The van der Waals surface area contributed by atoms with Crippen LogP contribution in [-0.2, 0) is 4.79 Å². The lowest BCUT2D eigenvalue weighted by molar-refractivity contribution is -0.139. The zero-order chi connectivity index (χ0) is 15.4. The molecule has 0 spiro atoms. The second-order valence-corrected chi connectivity index (χ2v) is 5.40. The summed E-state index contributed by atoms with van der Waals surface area (Å²) in [4.78, 5) is 23.5. The maximum Gasteiger partial charge on any atom is 0.331 e. The van der Waals surface area contributed by atoms with Crippen LogP contribution >= 0.6 is 22.9 Å². The van der Waals surface area contributed by atoms with Crippen LogP contribution in [0.5, 0.6) is 0 Å². The monoisotopic (exact) mass is 328 g/mol. The first-order chi connectivity index (χ1) is 9.97. The predicted octanol–water partition coefficient (Wildman–Crippen LogP) is 3.49. The number of hydrogen-bond acceptors (Lipinski definition) is 3. The number of nitrogens with one attached hydrogen (secondary N) is 2. The Morgan fingerprint density at radius 1 is 1.33 bits per heavy atom. The summed E-state index contributed by atoms with van der Waals surface area (Å²) < 4.78 is 13.1. The third-order valence-corrected chi connectivity index (χ3v) is 3.79. The van der Waals surface area contributed by atoms with Crippen LogP contribution in [0.25, 0.3) is 0 Å². The van der Waals surface area contributed by atoms with Gasteiger partial charge in [0.25, 0.3) is 0 Å². The van der Waals surface area contributed by atoms with Crippen LogP contribution in [0.3, 0.4) is 0 Å². The number of amides is 2. The average Bonchev–Trinajstić information content (AvgIpc) is 2.93. The van der Waals surface area contributed by atoms with Crippen LogP contribution in [0.1, 0.15) is 10.9 Å². The molecule has 2 aromatic rings. The van der Waals surface area contributed by atoms with E-state index in [1.807, 2.05) is 0 Å². The smallest absolute Gasteiger partial charge is 0.331 e. The first-order valence-electron chi connectivity index (χ1n) is 5.76. The maximum atomic E-state index is 13.1. The lowest BCUT2D eigenvalue weighted by Gasteiger charge is -2.14. The molecule has 5 nitrogen and oxygen atoms in total. The number of halogens is 2. The normalized spacial score (nSPS) is 11.7. The van der Waals surface area contributed by atoms with Gasteiger partial charge < -0.3 is 15.7 Å². The summed E-state index contributed by atoms with van der Waals surface area (Å²) in [7, 11) is 0. The van der Waals surface area contributed by atoms with E-state index in [1.54, 1.807) is 17.5 Å². The summed E-state index contributed by atoms with van der Waals surface area (Å²) in [6, 6.07) is 4.79. The van der Waals surface area contributed by atoms with Gasteiger partial charge in [-0.05, 0) is 29.6 Å². The van der Waals surface area contributed by atoms with Crippen molar-refractivity contribution in [3.05, 3.63) is 51.4 Å². The molecule has 1 atom stereocenters. The molecule has 0 saturated carbocycles. The van der Waals surface area contributed by atoms with Gasteiger partial charge in [0.1, 0.15) is 5.82 Å². The number of carboxylic acid groups (broad SMARTS) is 1. The molecule has 21 heavy (non-hydrogen) atoms. The van der Waals surface area contributed by atoms with Gasteiger partial charge in [-0.3, -0.25) is 0 Å². The maximum absolute atomic E-state index is 13.1. The Morgan fingerprint density at radius 3 is 2.71 bits per heavy atom. The summed E-state index contributed by atoms with van der Waals surface area (Å²) in [6.07, 6.45) is 0. The van der Waals surface area contributed by atoms with Crippen molar-refractivity contribution in [2.45, 2.75) is 6.04 Å². The van der Waals surface area contributed by atoms with Crippen molar-refractivity contribution < 1.29 is 19.1 Å². The van der Waals surface area contributed by atoms with Crippen LogP contribution in [0.4, 0.5) is 14.9 Å². The summed E-state index contributed by atoms with van der Waals surface area (Å²) in [5.41, 5.74) is 0.0597. The number of rotatable bonds is 4. The average molecular weight is 329 g/mol. The summed E-state index contributed by atoms with van der Waals surface area (Å²) in [5.74, 6) is -1.76. The molecule has 1 aromatic heterocycles. The Bertz CT molecular complexity index is 663. The minimum atomic E-state index is -1.20. The van der Waals surface area contributed by atoms with Crippen LogP contribution in [0.15, 0.2) is 35.7 Å². The molecule has 1 unspecified atom stereocenters. The lowest BCUT2D eigenvalue weighted by Crippen LogP contribution is -2.36. The molecular weight excluding hydrogens is 319 g/mol. The molecule has 8 heteroatoms. The second kappa shape index (κ2) is 6.55. The van der Waals surface area contributed by atoms with E-state index in [2.05, 4.69) is 10.6 Å². The van der Waals surface area contributed by atoms with Crippen molar-refractivity contribution in [2.24, 2.45) is 0 Å². The minimum Gasteiger partial charge on any atom is -0.479 e. The number of carbonyl (C=O) groups excluding carboxylic acids is 1. The van der Waals surface area contributed by atoms with E-state index in [-0.39, 0.29) is 10.7 Å². The molecule has 2 rings (SSSR count). The van der Waals surface area contributed by atoms with Gasteiger partial charge in [-0.15, -0.1) is 11.3 Å². The van der Waals surface area contributed by atoms with Crippen molar-refractivity contribution >= 4 is 40.6 Å². The number of thiophene rings is 1. The molecule has 0 fully saturated rings. The quantitative estimate of drug-likeness (QED) is 0.804. The van der Waals surface area contributed by atoms with E-state index in [1.165, 1.54) is 17.4 Å². The number of aliphatic carboxylic acids is 1. The third-order valence-electron chi connectivity index (χ3n) is 2.53. The fourth-order valence-electron chi connectivity index (χ4n) is 1.59. The number of carboxylic acids is 1. The molecule has 0 radical (unpaired) electrons. The van der Waals surface area contributed by atoms with Gasteiger partial charge >= 0.3 is 12.0 Å². The van der Waals surface area contributed by atoms with Gasteiger partial charge in [0.15, 0.2) is 6.04 Å². The second-order valence-electron chi connectivity index (χ2n) is 4.01. The number of hydrogen-bond donors (Lipinski definition) is 3. The largest absolute Gasteiger partial charge is 0.479 e. The Hall–Kier alpha value is -2.12. The Morgan fingerprint density at radius 2 is 2.10 bits per heavy atom. The zero-order valence-corrected chi connectivity index (χ0v) is 12.0. The number of urea groups is 1. The fraction of sp³-hybridized carbons (Fsp3) is 0.0769. The van der Waals surface area contributed by atoms with Gasteiger partial charge in [-0.25, -0.2) is 14.0 Å². The molecule has 0 aliphatic carbocycles. The van der Waals surface area contributed by atoms with Gasteiger partial charge in [0.2, 0.25) is 0 Å². The highest BCUT2D eigenvalue weighted by atomic mass is 35.5. The van der Waals surface area contributed by atoms with Gasteiger partial charge in [0, 0.05) is 4.88 Å². The van der Waals surface area contributed by atoms with E-state index in [0.29, 0.717) is 4.88 Å². The lowest BCUT2D eigenvalue weighted by atomic mass is 10.2. The Labute approximate surface area is 128 Å².